The highest BCUT2D eigenvalue weighted by atomic mass is 28.3. The van der Waals surface area contributed by atoms with E-state index in [2.05, 4.69) is 0 Å². The number of carbonyl (C=O) groups is 1. The summed E-state index contributed by atoms with van der Waals surface area (Å²) in [4.78, 5) is 9.72. The Hall–Kier alpha value is -0.313. The lowest BCUT2D eigenvalue weighted by Crippen LogP contribution is -2.25. The van der Waals surface area contributed by atoms with Crippen molar-refractivity contribution in [3.05, 3.63) is 0 Å². The Labute approximate surface area is 44.8 Å². The quantitative estimate of drug-likeness (QED) is 0.456. The Morgan fingerprint density at radius 2 is 2.14 bits per heavy atom. The maximum atomic E-state index is 9.72. The standard InChI is InChI=1S/C4H9O2Si/c1-7(2)3-4(5)6/h3H2,1-2H3,(H,5,6)/p-1. The van der Waals surface area contributed by atoms with Crippen molar-refractivity contribution >= 4 is 14.8 Å². The van der Waals surface area contributed by atoms with Gasteiger partial charge in [-0.3, -0.25) is 0 Å². The fourth-order valence-corrected chi connectivity index (χ4v) is 0.866. The highest BCUT2D eigenvalue weighted by Gasteiger charge is 1.92. The first kappa shape index (κ1) is 6.69. The molecule has 0 heterocycles. The topological polar surface area (TPSA) is 40.1 Å². The van der Waals surface area contributed by atoms with Crippen molar-refractivity contribution in [2.75, 3.05) is 0 Å². The van der Waals surface area contributed by atoms with Crippen LogP contribution in [-0.4, -0.2) is 14.8 Å². The van der Waals surface area contributed by atoms with Crippen molar-refractivity contribution in [2.45, 2.75) is 19.1 Å². The lowest BCUT2D eigenvalue weighted by Gasteiger charge is -2.00. The molecule has 1 radical (unpaired) electrons. The Balaban J connectivity index is 3.13. The molecule has 0 aromatic carbocycles. The van der Waals surface area contributed by atoms with E-state index < -0.39 is 14.8 Å². The van der Waals surface area contributed by atoms with Crippen LogP contribution in [-0.2, 0) is 4.79 Å². The number of carbonyl (C=O) groups excluding carboxylic acids is 1. The van der Waals surface area contributed by atoms with Gasteiger partial charge in [0.05, 0.1) is 0 Å². The number of carboxylic acid groups (broad SMARTS) is 1. The molecule has 0 saturated carbocycles. The van der Waals surface area contributed by atoms with Crippen LogP contribution in [0.3, 0.4) is 0 Å². The summed E-state index contributed by atoms with van der Waals surface area (Å²) in [6.07, 6.45) is 0. The van der Waals surface area contributed by atoms with E-state index in [0.717, 1.165) is 0 Å². The minimum Gasteiger partial charge on any atom is -0.550 e. The van der Waals surface area contributed by atoms with Gasteiger partial charge in [0.1, 0.15) is 0 Å². The third-order valence-electron chi connectivity index (χ3n) is 0.498. The van der Waals surface area contributed by atoms with Crippen LogP contribution < -0.4 is 5.11 Å². The van der Waals surface area contributed by atoms with Gasteiger partial charge in [0.2, 0.25) is 0 Å². The summed E-state index contributed by atoms with van der Waals surface area (Å²) in [7, 11) is -0.596. The first-order valence-electron chi connectivity index (χ1n) is 2.12. The monoisotopic (exact) mass is 116 g/mol. The lowest BCUT2D eigenvalue weighted by atomic mass is 10.8. The fraction of sp³-hybridized carbons (Fsp3) is 0.750. The summed E-state index contributed by atoms with van der Waals surface area (Å²) in [6.45, 7) is 3.89. The summed E-state index contributed by atoms with van der Waals surface area (Å²) in [5.41, 5.74) is 0. The molecule has 0 saturated heterocycles. The molecule has 0 fully saturated rings. The third kappa shape index (κ3) is 5.69. The molecule has 0 N–H and O–H groups in total. The molecule has 0 aliphatic carbocycles. The van der Waals surface area contributed by atoms with Crippen LogP contribution in [0.15, 0.2) is 0 Å². The molecule has 0 bridgehead atoms. The first-order valence-corrected chi connectivity index (χ1v) is 4.82. The van der Waals surface area contributed by atoms with E-state index in [0.29, 0.717) is 0 Å². The fourth-order valence-electron chi connectivity index (χ4n) is 0.289. The second-order valence-electron chi connectivity index (χ2n) is 1.76. The Kier molecular flexibility index (Phi) is 2.67. The van der Waals surface area contributed by atoms with E-state index >= 15 is 0 Å². The van der Waals surface area contributed by atoms with Crippen molar-refractivity contribution in [1.29, 1.82) is 0 Å². The molecule has 0 aromatic heterocycles. The average Bonchev–Trinajstić information content (AvgIpc) is 1.27. The van der Waals surface area contributed by atoms with E-state index in [9.17, 15) is 9.90 Å². The molecule has 7 heavy (non-hydrogen) atoms. The summed E-state index contributed by atoms with van der Waals surface area (Å²) in [6, 6.07) is 0.269. The van der Waals surface area contributed by atoms with Gasteiger partial charge >= 0.3 is 0 Å². The molecule has 2 nitrogen and oxygen atoms in total. The molecule has 0 amide bonds. The maximum absolute atomic E-state index is 9.72. The Morgan fingerprint density at radius 3 is 2.14 bits per heavy atom. The molecular weight excluding hydrogens is 108 g/mol. The highest BCUT2D eigenvalue weighted by molar-refractivity contribution is 6.59. The molecule has 3 heteroatoms. The molecule has 0 atom stereocenters. The molecule has 0 spiro atoms. The highest BCUT2D eigenvalue weighted by Crippen LogP contribution is 1.85. The lowest BCUT2D eigenvalue weighted by molar-refractivity contribution is -0.302. The molecule has 0 rings (SSSR count). The summed E-state index contributed by atoms with van der Waals surface area (Å²) in [5.74, 6) is -0.918. The molecule has 0 aliphatic rings. The second-order valence-corrected chi connectivity index (χ2v) is 4.52. The Morgan fingerprint density at radius 1 is 1.71 bits per heavy atom. The first-order chi connectivity index (χ1) is 3.13. The molecule has 0 unspecified atom stereocenters. The predicted octanol–water partition coefficient (Wildman–Crippen LogP) is -0.509. The van der Waals surface area contributed by atoms with Crippen molar-refractivity contribution in [2.24, 2.45) is 0 Å². The van der Waals surface area contributed by atoms with Gasteiger partial charge in [-0.2, -0.15) is 0 Å². The minimum absolute atomic E-state index is 0.269. The molecule has 0 aliphatic heterocycles. The van der Waals surface area contributed by atoms with Crippen LogP contribution in [0, 0.1) is 0 Å². The van der Waals surface area contributed by atoms with Crippen molar-refractivity contribution in [3.8, 4) is 0 Å². The van der Waals surface area contributed by atoms with E-state index in [1.54, 1.807) is 0 Å². The zero-order chi connectivity index (χ0) is 5.86. The van der Waals surface area contributed by atoms with Crippen LogP contribution in [0.1, 0.15) is 0 Å². The minimum atomic E-state index is -0.918. The largest absolute Gasteiger partial charge is 0.550 e. The predicted molar refractivity (Wildman–Crippen MR) is 27.3 cm³/mol. The average molecular weight is 116 g/mol. The third-order valence-corrected chi connectivity index (χ3v) is 1.49. The van der Waals surface area contributed by atoms with E-state index in [1.165, 1.54) is 0 Å². The molecular formula is C4H8O2Si-. The number of rotatable bonds is 2. The zero-order valence-corrected chi connectivity index (χ0v) is 5.52. The van der Waals surface area contributed by atoms with Gasteiger partial charge in [-0.15, -0.1) is 0 Å². The summed E-state index contributed by atoms with van der Waals surface area (Å²) in [5, 5.41) is 9.72. The van der Waals surface area contributed by atoms with Crippen LogP contribution in [0.4, 0.5) is 0 Å². The Bertz CT molecular complexity index is 70.1. The summed E-state index contributed by atoms with van der Waals surface area (Å²) < 4.78 is 0. The number of aliphatic carboxylic acids is 1. The molecule has 0 aromatic rings. The van der Waals surface area contributed by atoms with Crippen LogP contribution in [0.2, 0.25) is 19.1 Å². The van der Waals surface area contributed by atoms with Gasteiger partial charge in [-0.05, 0) is 6.04 Å². The van der Waals surface area contributed by atoms with Gasteiger partial charge in [0.15, 0.2) is 0 Å². The van der Waals surface area contributed by atoms with Crippen LogP contribution >= 0.6 is 0 Å². The summed E-state index contributed by atoms with van der Waals surface area (Å²) >= 11 is 0. The second kappa shape index (κ2) is 2.79. The zero-order valence-electron chi connectivity index (χ0n) is 4.52. The van der Waals surface area contributed by atoms with Gasteiger partial charge < -0.3 is 9.90 Å². The van der Waals surface area contributed by atoms with E-state index in [4.69, 9.17) is 0 Å². The van der Waals surface area contributed by atoms with Crippen molar-refractivity contribution < 1.29 is 9.90 Å². The van der Waals surface area contributed by atoms with E-state index in [-0.39, 0.29) is 6.04 Å². The van der Waals surface area contributed by atoms with Crippen LogP contribution in [0.5, 0.6) is 0 Å². The number of carboxylic acids is 1. The maximum Gasteiger partial charge on any atom is 0.0476 e. The van der Waals surface area contributed by atoms with Crippen molar-refractivity contribution in [1.82, 2.24) is 0 Å². The van der Waals surface area contributed by atoms with Crippen LogP contribution in [0.25, 0.3) is 0 Å². The molecule has 41 valence electrons. The van der Waals surface area contributed by atoms with Gasteiger partial charge in [-0.25, -0.2) is 0 Å². The van der Waals surface area contributed by atoms with Gasteiger partial charge in [0, 0.05) is 14.8 Å². The normalized spacial score (nSPS) is 9.57. The number of hydrogen-bond acceptors (Lipinski definition) is 2. The number of hydrogen-bond donors (Lipinski definition) is 0. The SMILES string of the molecule is C[Si](C)CC(=O)[O-]. The smallest absolute Gasteiger partial charge is 0.0476 e. The van der Waals surface area contributed by atoms with E-state index in [1.807, 2.05) is 13.1 Å². The van der Waals surface area contributed by atoms with Crippen molar-refractivity contribution in [3.63, 3.8) is 0 Å². The van der Waals surface area contributed by atoms with Gasteiger partial charge in [0.25, 0.3) is 0 Å². The van der Waals surface area contributed by atoms with Gasteiger partial charge in [-0.1, -0.05) is 13.1 Å².